The summed E-state index contributed by atoms with van der Waals surface area (Å²) < 4.78 is 25.5. The molecule has 1 aromatic rings. The zero-order chi connectivity index (χ0) is 21.9. The number of hydrogen-bond acceptors (Lipinski definition) is 7. The highest BCUT2D eigenvalue weighted by molar-refractivity contribution is 7.54. The number of unbranched alkanes of at least 4 members (excludes halogenated alkanes) is 1. The molecule has 0 bridgehead atoms. The zero-order valence-corrected chi connectivity index (χ0v) is 18.1. The number of carbonyl (C=O) groups is 1. The van der Waals surface area contributed by atoms with Crippen LogP contribution in [0.1, 0.15) is 25.0 Å². The highest BCUT2D eigenvalue weighted by Crippen LogP contribution is 2.47. The number of nitrogens with two attached hydrogens (primary N) is 1. The third kappa shape index (κ3) is 9.00. The molecule has 14 heteroatoms. The summed E-state index contributed by atoms with van der Waals surface area (Å²) in [6, 6.07) is 1.60. The third-order valence-corrected chi connectivity index (χ3v) is 6.42. The number of nitro groups is 1. The van der Waals surface area contributed by atoms with E-state index in [-0.39, 0.29) is 50.2 Å². The molecule has 1 heterocycles. The van der Waals surface area contributed by atoms with Gasteiger partial charge in [0.15, 0.2) is 0 Å². The van der Waals surface area contributed by atoms with E-state index in [0.29, 0.717) is 12.8 Å². The average molecular weight is 475 g/mol. The zero-order valence-electron chi connectivity index (χ0n) is 15.7. The van der Waals surface area contributed by atoms with Crippen LogP contribution < -0.4 is 10.8 Å². The van der Waals surface area contributed by atoms with E-state index in [0.717, 1.165) is 0 Å². The monoisotopic (exact) mass is 474 g/mol. The van der Waals surface area contributed by atoms with Crippen molar-refractivity contribution < 1.29 is 28.3 Å². The summed E-state index contributed by atoms with van der Waals surface area (Å²) in [5, 5.41) is 22.3. The molecule has 0 aliphatic rings. The number of rotatable bonds is 16. The van der Waals surface area contributed by atoms with Gasteiger partial charge in [0.05, 0.1) is 6.07 Å². The number of hydrogen-bond donors (Lipinski definition) is 3. The van der Waals surface area contributed by atoms with Crippen molar-refractivity contribution in [1.29, 1.82) is 0 Å². The molecule has 0 fully saturated rings. The molecule has 29 heavy (non-hydrogen) atoms. The lowest BCUT2D eigenvalue weighted by molar-refractivity contribution is -0.402. The first-order valence-corrected chi connectivity index (χ1v) is 11.5. The molecule has 0 radical (unpaired) electrons. The normalized spacial score (nSPS) is 14.6. The van der Waals surface area contributed by atoms with Gasteiger partial charge in [0, 0.05) is 31.4 Å². The minimum atomic E-state index is -3.59. The minimum absolute atomic E-state index is 0.142. The van der Waals surface area contributed by atoms with E-state index in [9.17, 15) is 19.5 Å². The smallest absolute Gasteiger partial charge is 0.433 e. The van der Waals surface area contributed by atoms with E-state index >= 15 is 0 Å². The maximum Gasteiger partial charge on any atom is 0.433 e. The van der Waals surface area contributed by atoms with Crippen LogP contribution in [0.5, 0.6) is 0 Å². The van der Waals surface area contributed by atoms with Crippen LogP contribution in [0, 0.1) is 10.1 Å². The Hall–Kier alpha value is -1.20. The SMILES string of the molecule is N[C@@H](CCCCNP(=O)(OCc1ccc([N+](=O)[O-])o1)N(CCCl)CCCl)C(=O)O. The Bertz CT molecular complexity index is 700. The van der Waals surface area contributed by atoms with Gasteiger partial charge in [-0.25, -0.2) is 9.76 Å². The molecular weight excluding hydrogens is 450 g/mol. The molecule has 2 atom stereocenters. The molecule has 0 spiro atoms. The summed E-state index contributed by atoms with van der Waals surface area (Å²) in [7, 11) is -3.59. The fourth-order valence-electron chi connectivity index (χ4n) is 2.32. The quantitative estimate of drug-likeness (QED) is 0.107. The number of aliphatic carboxylic acids is 1. The molecule has 0 amide bonds. The Morgan fingerprint density at radius 3 is 2.55 bits per heavy atom. The number of carboxylic acid groups (broad SMARTS) is 1. The summed E-state index contributed by atoms with van der Waals surface area (Å²) in [6.45, 7) is 0.480. The number of carboxylic acids is 1. The Morgan fingerprint density at radius 2 is 2.03 bits per heavy atom. The number of furan rings is 1. The molecule has 1 unspecified atom stereocenters. The van der Waals surface area contributed by atoms with Crippen LogP contribution >= 0.6 is 30.9 Å². The lowest BCUT2D eigenvalue weighted by atomic mass is 10.1. The second-order valence-corrected chi connectivity index (χ2v) is 8.91. The lowest BCUT2D eigenvalue weighted by Gasteiger charge is -2.30. The topological polar surface area (TPSA) is 161 Å². The van der Waals surface area contributed by atoms with Gasteiger partial charge in [0.2, 0.25) is 0 Å². The van der Waals surface area contributed by atoms with Crippen molar-refractivity contribution in [3.8, 4) is 0 Å². The Kier molecular flexibility index (Phi) is 11.7. The number of alkyl halides is 2. The predicted molar refractivity (Wildman–Crippen MR) is 108 cm³/mol. The molecule has 11 nitrogen and oxygen atoms in total. The van der Waals surface area contributed by atoms with Gasteiger partial charge in [0.1, 0.15) is 23.3 Å². The van der Waals surface area contributed by atoms with Crippen molar-refractivity contribution in [2.75, 3.05) is 31.4 Å². The minimum Gasteiger partial charge on any atom is -0.480 e. The van der Waals surface area contributed by atoms with E-state index in [1.807, 2.05) is 0 Å². The van der Waals surface area contributed by atoms with Gasteiger partial charge in [-0.05, 0) is 18.9 Å². The van der Waals surface area contributed by atoms with Crippen molar-refractivity contribution in [2.24, 2.45) is 5.73 Å². The Morgan fingerprint density at radius 1 is 1.38 bits per heavy atom. The Labute approximate surface area is 178 Å². The van der Waals surface area contributed by atoms with Crippen LogP contribution in [0.15, 0.2) is 16.5 Å². The predicted octanol–water partition coefficient (Wildman–Crippen LogP) is 2.76. The van der Waals surface area contributed by atoms with Gasteiger partial charge >= 0.3 is 19.5 Å². The molecule has 0 saturated heterocycles. The average Bonchev–Trinajstić information content (AvgIpc) is 3.15. The van der Waals surface area contributed by atoms with Crippen LogP contribution in [0.3, 0.4) is 0 Å². The van der Waals surface area contributed by atoms with Crippen LogP contribution in [0.4, 0.5) is 5.88 Å². The van der Waals surface area contributed by atoms with Crippen LogP contribution in [0.2, 0.25) is 0 Å². The molecular formula is C15H25Cl2N4O7P. The molecule has 1 rings (SSSR count). The molecule has 4 N–H and O–H groups in total. The number of nitrogens with one attached hydrogen (secondary N) is 1. The summed E-state index contributed by atoms with van der Waals surface area (Å²) in [4.78, 5) is 20.8. The summed E-state index contributed by atoms with van der Waals surface area (Å²) in [5.41, 5.74) is 5.45. The number of nitrogens with zero attached hydrogens (tertiary/aromatic N) is 2. The molecule has 0 aliphatic heterocycles. The van der Waals surface area contributed by atoms with Gasteiger partial charge in [0.25, 0.3) is 0 Å². The third-order valence-electron chi connectivity index (χ3n) is 3.84. The summed E-state index contributed by atoms with van der Waals surface area (Å²) in [5.74, 6) is -1.01. The van der Waals surface area contributed by atoms with Gasteiger partial charge in [-0.1, -0.05) is 6.42 Å². The van der Waals surface area contributed by atoms with E-state index in [1.165, 1.54) is 16.8 Å². The van der Waals surface area contributed by atoms with Crippen LogP contribution in [0.25, 0.3) is 0 Å². The van der Waals surface area contributed by atoms with Crippen molar-refractivity contribution in [3.63, 3.8) is 0 Å². The lowest BCUT2D eigenvalue weighted by Crippen LogP contribution is -2.33. The first-order chi connectivity index (χ1) is 13.7. The van der Waals surface area contributed by atoms with Crippen molar-refractivity contribution in [1.82, 2.24) is 9.76 Å². The van der Waals surface area contributed by atoms with Crippen molar-refractivity contribution in [2.45, 2.75) is 31.9 Å². The van der Waals surface area contributed by atoms with Crippen LogP contribution in [-0.4, -0.2) is 58.1 Å². The fourth-order valence-corrected chi connectivity index (χ4v) is 4.89. The van der Waals surface area contributed by atoms with Crippen molar-refractivity contribution in [3.05, 3.63) is 28.0 Å². The Balaban J connectivity index is 2.72. The summed E-state index contributed by atoms with van der Waals surface area (Å²) >= 11 is 11.6. The fraction of sp³-hybridized carbons (Fsp3) is 0.667. The molecule has 166 valence electrons. The van der Waals surface area contributed by atoms with E-state index in [1.54, 1.807) is 0 Å². The first kappa shape index (κ1) is 25.8. The molecule has 1 aromatic heterocycles. The van der Waals surface area contributed by atoms with Crippen molar-refractivity contribution >= 4 is 42.7 Å². The second-order valence-electron chi connectivity index (χ2n) is 5.97. The maximum atomic E-state index is 13.4. The van der Waals surface area contributed by atoms with Crippen LogP contribution in [-0.2, 0) is 20.5 Å². The molecule has 0 aliphatic carbocycles. The van der Waals surface area contributed by atoms with Gasteiger partial charge in [-0.15, -0.1) is 23.2 Å². The largest absolute Gasteiger partial charge is 0.480 e. The first-order valence-electron chi connectivity index (χ1n) is 8.82. The highest BCUT2D eigenvalue weighted by atomic mass is 35.5. The van der Waals surface area contributed by atoms with Gasteiger partial charge in [-0.2, -0.15) is 0 Å². The van der Waals surface area contributed by atoms with E-state index in [2.05, 4.69) is 5.09 Å². The second kappa shape index (κ2) is 13.2. The molecule has 0 aromatic carbocycles. The summed E-state index contributed by atoms with van der Waals surface area (Å²) in [6.07, 6.45) is 1.30. The van der Waals surface area contributed by atoms with E-state index < -0.39 is 30.5 Å². The molecule has 0 saturated carbocycles. The number of halogens is 2. The standard InChI is InChI=1S/C15H25Cl2N4O7P/c16-6-9-20(10-7-17)29(26,19-8-2-1-3-13(18)15(22)23)27-11-12-4-5-14(28-12)21(24)25/h4-5,13H,1-3,6-11,18H2,(H,19,26)(H,22,23)/t13-,29?/m0/s1. The maximum absolute atomic E-state index is 13.4. The van der Waals surface area contributed by atoms with Gasteiger partial charge in [-0.3, -0.25) is 24.0 Å². The van der Waals surface area contributed by atoms with E-state index in [4.69, 9.17) is 43.0 Å². The highest BCUT2D eigenvalue weighted by Gasteiger charge is 2.31. The van der Waals surface area contributed by atoms with Gasteiger partial charge < -0.3 is 15.3 Å².